The van der Waals surface area contributed by atoms with E-state index in [1.165, 1.54) is 24.1 Å². The Morgan fingerprint density at radius 1 is 1.40 bits per heavy atom. The van der Waals surface area contributed by atoms with E-state index in [4.69, 9.17) is 9.72 Å². The Labute approximate surface area is 121 Å². The Balaban J connectivity index is 2.44. The van der Waals surface area contributed by atoms with Gasteiger partial charge in [0, 0.05) is 11.6 Å². The second-order valence-electron chi connectivity index (χ2n) is 5.49. The van der Waals surface area contributed by atoms with Gasteiger partial charge in [-0.3, -0.25) is 4.98 Å². The van der Waals surface area contributed by atoms with Crippen LogP contribution in [0.25, 0.3) is 0 Å². The summed E-state index contributed by atoms with van der Waals surface area (Å²) >= 11 is 0. The molecule has 0 saturated carbocycles. The van der Waals surface area contributed by atoms with Crippen molar-refractivity contribution in [1.29, 1.82) is 0 Å². The van der Waals surface area contributed by atoms with Gasteiger partial charge in [0.05, 0.1) is 17.9 Å². The molecule has 1 aliphatic rings. The lowest BCUT2D eigenvalue weighted by Gasteiger charge is -2.25. The van der Waals surface area contributed by atoms with Crippen LogP contribution < -0.4 is 0 Å². The summed E-state index contributed by atoms with van der Waals surface area (Å²) in [5.74, 6) is 0.343. The lowest BCUT2D eigenvalue weighted by Crippen LogP contribution is -2.17. The second kappa shape index (κ2) is 6.87. The number of nitrogens with zero attached hydrogens (tertiary/aromatic N) is 1. The van der Waals surface area contributed by atoms with E-state index in [-0.39, 0.29) is 5.97 Å². The van der Waals surface area contributed by atoms with Crippen molar-refractivity contribution in [2.45, 2.75) is 65.2 Å². The van der Waals surface area contributed by atoms with Crippen LogP contribution in [0.1, 0.15) is 79.7 Å². The summed E-state index contributed by atoms with van der Waals surface area (Å²) in [4.78, 5) is 17.0. The highest BCUT2D eigenvalue weighted by Crippen LogP contribution is 2.33. The molecule has 0 saturated heterocycles. The first kappa shape index (κ1) is 15.0. The van der Waals surface area contributed by atoms with Gasteiger partial charge in [0.2, 0.25) is 0 Å². The summed E-state index contributed by atoms with van der Waals surface area (Å²) in [6.45, 7) is 6.60. The molecule has 3 nitrogen and oxygen atoms in total. The molecule has 1 atom stereocenters. The predicted octanol–water partition coefficient (Wildman–Crippen LogP) is 4.04. The number of rotatable bonds is 5. The molecule has 1 aromatic heterocycles. The highest BCUT2D eigenvalue weighted by Gasteiger charge is 2.24. The van der Waals surface area contributed by atoms with E-state index in [1.54, 1.807) is 0 Å². The maximum Gasteiger partial charge on any atom is 0.339 e. The van der Waals surface area contributed by atoms with Gasteiger partial charge >= 0.3 is 5.97 Å². The van der Waals surface area contributed by atoms with Gasteiger partial charge in [0.25, 0.3) is 0 Å². The predicted molar refractivity (Wildman–Crippen MR) is 80.2 cm³/mol. The molecule has 0 aliphatic heterocycles. The fourth-order valence-corrected chi connectivity index (χ4v) is 3.05. The molecular formula is C17H25NO2. The third kappa shape index (κ3) is 3.02. The topological polar surface area (TPSA) is 39.2 Å². The monoisotopic (exact) mass is 275 g/mol. The van der Waals surface area contributed by atoms with Crippen LogP contribution in [0.5, 0.6) is 0 Å². The van der Waals surface area contributed by atoms with Gasteiger partial charge in [-0.15, -0.1) is 0 Å². The minimum Gasteiger partial charge on any atom is -0.462 e. The number of pyridine rings is 1. The van der Waals surface area contributed by atoms with E-state index in [0.29, 0.717) is 18.1 Å². The number of esters is 1. The highest BCUT2D eigenvalue weighted by molar-refractivity contribution is 5.91. The zero-order valence-corrected chi connectivity index (χ0v) is 12.9. The second-order valence-corrected chi connectivity index (χ2v) is 5.49. The van der Waals surface area contributed by atoms with Crippen LogP contribution in [0.3, 0.4) is 0 Å². The van der Waals surface area contributed by atoms with Gasteiger partial charge in [0.15, 0.2) is 0 Å². The van der Waals surface area contributed by atoms with Crippen molar-refractivity contribution >= 4 is 5.97 Å². The lowest BCUT2D eigenvalue weighted by molar-refractivity contribution is 0.0524. The number of carbonyl (C=O) groups is 1. The number of aryl methyl sites for hydroxylation is 2. The van der Waals surface area contributed by atoms with E-state index in [1.807, 2.05) is 13.0 Å². The van der Waals surface area contributed by atoms with Crippen LogP contribution in [0.2, 0.25) is 0 Å². The summed E-state index contributed by atoms with van der Waals surface area (Å²) in [5.41, 5.74) is 4.09. The van der Waals surface area contributed by atoms with E-state index >= 15 is 0 Å². The minimum atomic E-state index is -0.218. The smallest absolute Gasteiger partial charge is 0.339 e. The molecule has 1 unspecified atom stereocenters. The fraction of sp³-hybridized carbons (Fsp3) is 0.647. The molecule has 0 aromatic carbocycles. The third-order valence-corrected chi connectivity index (χ3v) is 4.07. The van der Waals surface area contributed by atoms with Crippen molar-refractivity contribution in [2.24, 2.45) is 0 Å². The molecule has 0 N–H and O–H groups in total. The van der Waals surface area contributed by atoms with Crippen molar-refractivity contribution in [2.75, 3.05) is 6.61 Å². The maximum atomic E-state index is 12.1. The number of fused-ring (bicyclic) bond motifs is 1. The van der Waals surface area contributed by atoms with Crippen molar-refractivity contribution < 1.29 is 9.53 Å². The molecule has 1 heterocycles. The van der Waals surface area contributed by atoms with Gasteiger partial charge in [-0.25, -0.2) is 4.79 Å². The van der Waals surface area contributed by atoms with Crippen molar-refractivity contribution in [3.63, 3.8) is 0 Å². The van der Waals surface area contributed by atoms with Crippen LogP contribution in [-0.2, 0) is 17.6 Å². The Kier molecular flexibility index (Phi) is 5.16. The first-order valence-corrected chi connectivity index (χ1v) is 7.91. The van der Waals surface area contributed by atoms with Crippen molar-refractivity contribution in [3.05, 3.63) is 28.6 Å². The van der Waals surface area contributed by atoms with Crippen LogP contribution in [0, 0.1) is 0 Å². The molecule has 110 valence electrons. The van der Waals surface area contributed by atoms with Crippen molar-refractivity contribution in [3.8, 4) is 0 Å². The van der Waals surface area contributed by atoms with Gasteiger partial charge in [-0.2, -0.15) is 0 Å². The van der Waals surface area contributed by atoms with Gasteiger partial charge in [-0.05, 0) is 50.7 Å². The van der Waals surface area contributed by atoms with E-state index in [9.17, 15) is 4.79 Å². The molecule has 1 aliphatic carbocycles. The molecule has 1 aromatic rings. The Morgan fingerprint density at radius 3 is 2.85 bits per heavy atom. The molecular weight excluding hydrogens is 250 g/mol. The first-order valence-electron chi connectivity index (χ1n) is 7.91. The Bertz CT molecular complexity index is 482. The van der Waals surface area contributed by atoms with Crippen molar-refractivity contribution in [1.82, 2.24) is 4.98 Å². The van der Waals surface area contributed by atoms with E-state index in [0.717, 1.165) is 31.4 Å². The average molecular weight is 275 g/mol. The van der Waals surface area contributed by atoms with Crippen LogP contribution in [-0.4, -0.2) is 17.6 Å². The third-order valence-electron chi connectivity index (χ3n) is 4.07. The summed E-state index contributed by atoms with van der Waals surface area (Å²) in [5, 5.41) is 0. The fourth-order valence-electron chi connectivity index (χ4n) is 3.05. The standard InChI is InChI=1S/C17H25NO2/c1-4-8-15-14(17(19)20-6-3)11-13-10-7-9-12(5-2)16(13)18-15/h11-12H,4-10H2,1-3H3. The Morgan fingerprint density at radius 2 is 2.20 bits per heavy atom. The maximum absolute atomic E-state index is 12.1. The molecule has 20 heavy (non-hydrogen) atoms. The molecule has 3 heteroatoms. The van der Waals surface area contributed by atoms with E-state index < -0.39 is 0 Å². The number of aromatic nitrogens is 1. The number of hydrogen-bond acceptors (Lipinski definition) is 3. The van der Waals surface area contributed by atoms with Gasteiger partial charge < -0.3 is 4.74 Å². The molecule has 0 amide bonds. The number of ether oxygens (including phenoxy) is 1. The van der Waals surface area contributed by atoms with Crippen LogP contribution in [0.15, 0.2) is 6.07 Å². The molecule has 0 fully saturated rings. The first-order chi connectivity index (χ1) is 9.71. The van der Waals surface area contributed by atoms with Gasteiger partial charge in [-0.1, -0.05) is 20.3 Å². The number of hydrogen-bond donors (Lipinski definition) is 0. The lowest BCUT2D eigenvalue weighted by atomic mass is 9.84. The normalized spacial score (nSPS) is 17.6. The largest absolute Gasteiger partial charge is 0.462 e. The zero-order valence-electron chi connectivity index (χ0n) is 12.9. The van der Waals surface area contributed by atoms with Crippen LogP contribution in [0.4, 0.5) is 0 Å². The highest BCUT2D eigenvalue weighted by atomic mass is 16.5. The zero-order chi connectivity index (χ0) is 14.5. The average Bonchev–Trinajstić information content (AvgIpc) is 2.46. The summed E-state index contributed by atoms with van der Waals surface area (Å²) < 4.78 is 5.18. The quantitative estimate of drug-likeness (QED) is 0.761. The van der Waals surface area contributed by atoms with E-state index in [2.05, 4.69) is 13.8 Å². The van der Waals surface area contributed by atoms with Gasteiger partial charge in [0.1, 0.15) is 0 Å². The molecule has 0 spiro atoms. The SMILES string of the molecule is CCCc1nc2c(cc1C(=O)OCC)CCCC2CC. The van der Waals surface area contributed by atoms with Crippen LogP contribution >= 0.6 is 0 Å². The molecule has 0 radical (unpaired) electrons. The minimum absolute atomic E-state index is 0.218. The Hall–Kier alpha value is -1.38. The molecule has 0 bridgehead atoms. The summed E-state index contributed by atoms with van der Waals surface area (Å²) in [7, 11) is 0. The molecule has 2 rings (SSSR count). The summed E-state index contributed by atoms with van der Waals surface area (Å²) in [6.07, 6.45) is 6.43. The number of carbonyl (C=O) groups excluding carboxylic acids is 1. The summed E-state index contributed by atoms with van der Waals surface area (Å²) in [6, 6.07) is 2.05.